The van der Waals surface area contributed by atoms with Crippen molar-refractivity contribution < 1.29 is 166 Å². The molecule has 15 fully saturated rings. The fourth-order valence-corrected chi connectivity index (χ4v) is 32.9. The molecule has 25 rings (SSSR count). The van der Waals surface area contributed by atoms with E-state index >= 15 is 0 Å². The molecule has 133 heavy (non-hydrogen) atoms. The standard InChI is InChI=1S/C23H30N2O3.C22H30N2O3.C22H30N2O.C21H28N2O3.C21H28N2O.3Y/c1-14-7-8-23(28)18-11-16-5-6-17(21(24)27)20(26)19(16)22(23,12-14)9-10-25(18,2)13-15-3-4-15;1-24(13-14-4-5-14)11-10-21-8-2-3-9-22(21,27)17(24)12-15-6-7-16(20(23)26)19(25)18(15)21;1-24(14-15-5-6-15)11-10-22-9-3-2-4-18(22)20(24)13-16-7-8-17(21(23)25)12-19(16)22;22-19(25)15-6-5-14-11-16-21(26)8-2-1-7-20(21,17(14)18(15)24)9-10-23(16)12-13-3-4-13;22-20(24)16-7-6-15-12-19-17-3-1-2-8-21(17,18(15)11-16)9-10-23(19)13-14-4-5-14;;;/h5-6,15,18,28H,1,3-4,7-13H2,2H3,(H2-,24,26,27);6-7,14,17,27H,2-5,8-13H2,1H3,(H2-,23,25,26);7-8,12,15,18,20H,2-6,9-11,13-14H2,1H3,(H-,23,25);5-6,13,16,24,26H,1-4,7-12H2,(H2,22,25);6-7,11,14,17,19H,1-5,8-10,12-13H2,(H2,22,24);;;/p+3. The van der Waals surface area contributed by atoms with E-state index in [1.807, 2.05) is 30.3 Å². The van der Waals surface area contributed by atoms with Gasteiger partial charge in [0.2, 0.25) is 11.8 Å². The van der Waals surface area contributed by atoms with Crippen molar-refractivity contribution in [3.8, 4) is 17.2 Å². The molecular formula is C109H149N10O11Y3+3. The normalized spacial score (nSPS) is 37.2. The van der Waals surface area contributed by atoms with Gasteiger partial charge in [0.1, 0.15) is 40.5 Å². The minimum absolute atomic E-state index is 0. The van der Waals surface area contributed by atoms with Crippen LogP contribution in [0.2, 0.25) is 0 Å². The van der Waals surface area contributed by atoms with Gasteiger partial charge < -0.3 is 72.8 Å². The Morgan fingerprint density at radius 1 is 0.391 bits per heavy atom. The number of carbonyl (C=O) groups is 5. The van der Waals surface area contributed by atoms with Gasteiger partial charge in [0.25, 0.3) is 17.7 Å². The average Bonchev–Trinajstić information content (AvgIpc) is 1.67. The number of hydrogen-bond donors (Lipinski definition) is 11. The number of allylic oxidation sites excluding steroid dienone is 1. The number of primary amides is 5. The average molecular weight is 2040 g/mol. The number of carbonyl (C=O) groups excluding carboxylic acids is 5. The summed E-state index contributed by atoms with van der Waals surface area (Å²) in [7, 11) is 7.20. The molecule has 5 aliphatic heterocycles. The number of rotatable bonds is 15. The van der Waals surface area contributed by atoms with E-state index in [1.54, 1.807) is 18.2 Å². The number of aromatic hydroxyl groups is 3. The molecule has 21 nitrogen and oxygen atoms in total. The third kappa shape index (κ3) is 16.5. The van der Waals surface area contributed by atoms with Crippen molar-refractivity contribution in [3.05, 3.63) is 168 Å². The van der Waals surface area contributed by atoms with Gasteiger partial charge in [0.05, 0.1) is 88.7 Å². The van der Waals surface area contributed by atoms with E-state index in [0.29, 0.717) is 34.8 Å². The summed E-state index contributed by atoms with van der Waals surface area (Å²) in [5.41, 5.74) is 39.1. The van der Waals surface area contributed by atoms with Crippen LogP contribution in [0.25, 0.3) is 0 Å². The van der Waals surface area contributed by atoms with Gasteiger partial charge in [0.15, 0.2) is 0 Å². The molecule has 5 amide bonds. The molecule has 24 heteroatoms. The zero-order valence-electron chi connectivity index (χ0n) is 79.8. The van der Waals surface area contributed by atoms with E-state index in [-0.39, 0.29) is 162 Å². The molecular weight excluding hydrogens is 1890 g/mol. The van der Waals surface area contributed by atoms with Gasteiger partial charge in [0, 0.05) is 240 Å². The SMILES string of the molecule is C=C1CCC2(O)C3Cc4ccc(C(N)=O)c(O)c4C2(CC[N+]3(C)CC2CC2)C1.C[N+]1(CC2CC2)CCC23CCCCC2(O)C1Cc1ccc(C(N)=O)c(O)c13.C[N+]1(CC2CC2)CCC23CCCCC2C1Cc1ccc(C(N)=O)cc13.NC(=O)c1ccc2c(c1)C13CCCCC1C(C2)N(CC1CC1)CC3.NC(=O)c1ccc2c(c1O)C13CCCCC1(O)C(C2)N(CC1CC1)CC3.[Y].[Y].[Y]. The second kappa shape index (κ2) is 36.5. The van der Waals surface area contributed by atoms with Crippen molar-refractivity contribution in [3.63, 3.8) is 0 Å². The Kier molecular flexibility index (Phi) is 27.1. The summed E-state index contributed by atoms with van der Waals surface area (Å²) in [6.45, 7) is 15.9. The molecule has 10 bridgehead atoms. The maximum atomic E-state index is 12.3. The second-order valence-electron chi connectivity index (χ2n) is 47.2. The first-order valence-corrected chi connectivity index (χ1v) is 51.3. The Bertz CT molecular complexity index is 5420. The van der Waals surface area contributed by atoms with Crippen molar-refractivity contribution in [2.75, 3.05) is 86.6 Å². The van der Waals surface area contributed by atoms with E-state index < -0.39 is 50.8 Å². The van der Waals surface area contributed by atoms with Crippen LogP contribution in [0.5, 0.6) is 17.2 Å². The van der Waals surface area contributed by atoms with Gasteiger partial charge in [-0.15, -0.1) is 0 Å². The van der Waals surface area contributed by atoms with Crippen molar-refractivity contribution in [1.29, 1.82) is 0 Å². The molecule has 10 saturated carbocycles. The van der Waals surface area contributed by atoms with Gasteiger partial charge in [-0.25, -0.2) is 0 Å². The number of likely N-dealkylation sites (N-methyl/N-ethyl adjacent to an activating group) is 3. The van der Waals surface area contributed by atoms with Crippen LogP contribution in [-0.4, -0.2) is 217 Å². The molecule has 5 saturated heterocycles. The fourth-order valence-electron chi connectivity index (χ4n) is 32.9. The number of benzene rings is 5. The van der Waals surface area contributed by atoms with Crippen LogP contribution >= 0.6 is 0 Å². The molecule has 15 aliphatic carbocycles. The van der Waals surface area contributed by atoms with E-state index in [4.69, 9.17) is 28.7 Å². The first-order valence-electron chi connectivity index (χ1n) is 51.3. The quantitative estimate of drug-likeness (QED) is 0.0343. The van der Waals surface area contributed by atoms with Gasteiger partial charge in [-0.3, -0.25) is 33.8 Å². The minimum Gasteiger partial charge on any atom is -0.507 e. The molecule has 5 heterocycles. The number of amides is 5. The number of phenols is 3. The summed E-state index contributed by atoms with van der Waals surface area (Å²) >= 11 is 0. The Balaban J connectivity index is 0.000000111. The third-order valence-corrected chi connectivity index (χ3v) is 40.0. The zero-order valence-corrected chi connectivity index (χ0v) is 88.3. The minimum atomic E-state index is -0.892. The molecule has 5 aromatic rings. The predicted molar refractivity (Wildman–Crippen MR) is 502 cm³/mol. The van der Waals surface area contributed by atoms with Gasteiger partial charge in [-0.05, 0) is 273 Å². The summed E-state index contributed by atoms with van der Waals surface area (Å²) in [6.07, 6.45) is 43.8. The van der Waals surface area contributed by atoms with Gasteiger partial charge >= 0.3 is 0 Å². The number of nitrogens with zero attached hydrogens (tertiary/aromatic N) is 5. The van der Waals surface area contributed by atoms with Crippen LogP contribution in [0.3, 0.4) is 0 Å². The predicted octanol–water partition coefficient (Wildman–Crippen LogP) is 13.3. The van der Waals surface area contributed by atoms with Crippen LogP contribution in [0.15, 0.2) is 84.9 Å². The number of hydrogen-bond acceptors (Lipinski definition) is 13. The van der Waals surface area contributed by atoms with Crippen molar-refractivity contribution >= 4 is 29.5 Å². The number of piperidine rings is 5. The Labute approximate surface area is 864 Å². The number of fused-ring (bicyclic) bond motifs is 5. The topological polar surface area (TPSA) is 343 Å². The first-order chi connectivity index (χ1) is 62.2. The monoisotopic (exact) mass is 2040 g/mol. The fraction of sp³-hybridized carbons (Fsp3) is 0.661. The van der Waals surface area contributed by atoms with E-state index in [0.717, 1.165) is 237 Å². The van der Waals surface area contributed by atoms with Crippen molar-refractivity contribution in [1.82, 2.24) is 9.80 Å². The van der Waals surface area contributed by atoms with Gasteiger partial charge in [-0.1, -0.05) is 93.9 Å². The van der Waals surface area contributed by atoms with Crippen LogP contribution in [-0.2, 0) is 157 Å². The molecule has 18 unspecified atom stereocenters. The first kappa shape index (κ1) is 98.8. The Hall–Kier alpha value is -4.42. The third-order valence-electron chi connectivity index (χ3n) is 40.0. The zero-order chi connectivity index (χ0) is 90.6. The smallest absolute Gasteiger partial charge is 0.252 e. The molecule has 0 spiro atoms. The van der Waals surface area contributed by atoms with Crippen LogP contribution in [0.4, 0.5) is 0 Å². The van der Waals surface area contributed by atoms with E-state index in [9.17, 15) is 54.6 Å². The van der Waals surface area contributed by atoms with E-state index in [1.165, 1.54) is 194 Å². The molecule has 3 radical (unpaired) electrons. The number of aliphatic hydroxyl groups is 3. The summed E-state index contributed by atoms with van der Waals surface area (Å²) in [4.78, 5) is 64.4. The molecule has 0 aromatic heterocycles. The van der Waals surface area contributed by atoms with Crippen LogP contribution in [0.1, 0.15) is 326 Å². The Morgan fingerprint density at radius 3 is 1.29 bits per heavy atom. The maximum absolute atomic E-state index is 12.3. The second-order valence-corrected chi connectivity index (χ2v) is 47.2. The van der Waals surface area contributed by atoms with Crippen LogP contribution in [0, 0.1) is 41.4 Å². The largest absolute Gasteiger partial charge is 0.507 e. The Morgan fingerprint density at radius 2 is 0.789 bits per heavy atom. The molecule has 5 aromatic carbocycles. The van der Waals surface area contributed by atoms with Gasteiger partial charge in [-0.2, -0.15) is 0 Å². The van der Waals surface area contributed by atoms with E-state index in [2.05, 4.69) is 61.8 Å². The van der Waals surface area contributed by atoms with Crippen molar-refractivity contribution in [2.45, 2.75) is 324 Å². The number of nitrogens with two attached hydrogens (primary N) is 5. The summed E-state index contributed by atoms with van der Waals surface area (Å²) in [5, 5.41) is 69.5. The van der Waals surface area contributed by atoms with Crippen molar-refractivity contribution in [2.24, 2.45) is 70.1 Å². The maximum Gasteiger partial charge on any atom is 0.252 e. The summed E-state index contributed by atoms with van der Waals surface area (Å²) in [5.74, 6) is 3.57. The number of quaternary nitrogens is 3. The summed E-state index contributed by atoms with van der Waals surface area (Å²) < 4.78 is 3.15. The molecule has 16 N–H and O–H groups in total. The summed E-state index contributed by atoms with van der Waals surface area (Å²) in [6, 6.07) is 25.4. The molecule has 707 valence electrons. The number of likely N-dealkylation sites (tertiary alicyclic amines) is 5. The molecule has 18 atom stereocenters. The molecule has 20 aliphatic rings. The van der Waals surface area contributed by atoms with Crippen LogP contribution < -0.4 is 28.7 Å².